The Kier molecular flexibility index (Phi) is 4.30. The van der Waals surface area contributed by atoms with Crippen molar-refractivity contribution in [2.24, 2.45) is 0 Å². The summed E-state index contributed by atoms with van der Waals surface area (Å²) in [5, 5.41) is 3.81. The molecule has 1 fully saturated rings. The van der Waals surface area contributed by atoms with Crippen molar-refractivity contribution >= 4 is 21.4 Å². The fourth-order valence-electron chi connectivity index (χ4n) is 2.57. The fourth-order valence-corrected chi connectivity index (χ4v) is 4.20. The van der Waals surface area contributed by atoms with E-state index in [4.69, 9.17) is 11.6 Å². The number of halogens is 1. The maximum atomic E-state index is 11.6. The molecule has 0 saturated heterocycles. The van der Waals surface area contributed by atoms with Gasteiger partial charge in [0.1, 0.15) is 0 Å². The van der Waals surface area contributed by atoms with E-state index in [-0.39, 0.29) is 11.3 Å². The molecule has 1 N–H and O–H groups in total. The molecule has 0 heterocycles. The summed E-state index contributed by atoms with van der Waals surface area (Å²) in [6.45, 7) is 0.664. The Morgan fingerprint density at radius 1 is 1.39 bits per heavy atom. The molecule has 1 aromatic carbocycles. The monoisotopic (exact) mass is 287 g/mol. The second-order valence-corrected chi connectivity index (χ2v) is 7.62. The average Bonchev–Trinajstić information content (AvgIpc) is 2.74. The van der Waals surface area contributed by atoms with Crippen molar-refractivity contribution in [2.75, 3.05) is 6.26 Å². The predicted octanol–water partition coefficient (Wildman–Crippen LogP) is 2.40. The lowest BCUT2D eigenvalue weighted by Gasteiger charge is -2.19. The molecule has 0 spiro atoms. The predicted molar refractivity (Wildman–Crippen MR) is 74.6 cm³/mol. The van der Waals surface area contributed by atoms with E-state index in [1.54, 1.807) is 0 Å². The van der Waals surface area contributed by atoms with Crippen molar-refractivity contribution < 1.29 is 8.42 Å². The third kappa shape index (κ3) is 3.46. The summed E-state index contributed by atoms with van der Waals surface area (Å²) in [6, 6.07) is 7.70. The largest absolute Gasteiger partial charge is 0.309 e. The molecular formula is C13H18ClNO2S. The highest BCUT2D eigenvalue weighted by Gasteiger charge is 2.34. The van der Waals surface area contributed by atoms with Crippen molar-refractivity contribution in [2.45, 2.75) is 37.1 Å². The van der Waals surface area contributed by atoms with E-state index >= 15 is 0 Å². The van der Waals surface area contributed by atoms with Gasteiger partial charge in [-0.3, -0.25) is 0 Å². The van der Waals surface area contributed by atoms with Crippen LogP contribution in [-0.2, 0) is 16.4 Å². The Morgan fingerprint density at radius 3 is 2.83 bits per heavy atom. The molecule has 2 unspecified atom stereocenters. The molecule has 1 aliphatic carbocycles. The molecule has 0 aromatic heterocycles. The van der Waals surface area contributed by atoms with Gasteiger partial charge in [0, 0.05) is 23.9 Å². The van der Waals surface area contributed by atoms with E-state index in [0.29, 0.717) is 11.6 Å². The van der Waals surface area contributed by atoms with Gasteiger partial charge in [-0.05, 0) is 30.5 Å². The van der Waals surface area contributed by atoms with Gasteiger partial charge in [0.05, 0.1) is 5.25 Å². The van der Waals surface area contributed by atoms with Gasteiger partial charge >= 0.3 is 0 Å². The smallest absolute Gasteiger partial charge is 0.151 e. The minimum absolute atomic E-state index is 0.0685. The van der Waals surface area contributed by atoms with E-state index in [9.17, 15) is 8.42 Å². The lowest BCUT2D eigenvalue weighted by Crippen LogP contribution is -2.39. The minimum Gasteiger partial charge on any atom is -0.309 e. The zero-order chi connectivity index (χ0) is 13.2. The van der Waals surface area contributed by atoms with Crippen LogP contribution in [0.5, 0.6) is 0 Å². The molecule has 1 aromatic rings. The van der Waals surface area contributed by atoms with Crippen LogP contribution in [0.2, 0.25) is 5.02 Å². The Hall–Kier alpha value is -0.580. The Labute approximate surface area is 113 Å². The molecule has 1 aliphatic rings. The maximum absolute atomic E-state index is 11.6. The third-order valence-corrected chi connectivity index (χ3v) is 5.36. The number of rotatable bonds is 4. The van der Waals surface area contributed by atoms with Crippen LogP contribution in [0, 0.1) is 0 Å². The minimum atomic E-state index is -2.95. The summed E-state index contributed by atoms with van der Waals surface area (Å²) >= 11 is 5.92. The van der Waals surface area contributed by atoms with Gasteiger partial charge in [-0.1, -0.05) is 30.2 Å². The summed E-state index contributed by atoms with van der Waals surface area (Å²) < 4.78 is 23.3. The van der Waals surface area contributed by atoms with Crippen LogP contribution < -0.4 is 5.32 Å². The summed E-state index contributed by atoms with van der Waals surface area (Å²) in [4.78, 5) is 0. The number of hydrogen-bond acceptors (Lipinski definition) is 3. The van der Waals surface area contributed by atoms with E-state index < -0.39 is 9.84 Å². The van der Waals surface area contributed by atoms with Gasteiger partial charge in [0.2, 0.25) is 0 Å². The van der Waals surface area contributed by atoms with Gasteiger partial charge in [-0.2, -0.15) is 0 Å². The zero-order valence-corrected chi connectivity index (χ0v) is 12.0. The van der Waals surface area contributed by atoms with Crippen LogP contribution in [0.15, 0.2) is 24.3 Å². The lowest BCUT2D eigenvalue weighted by molar-refractivity contribution is 0.507. The van der Waals surface area contributed by atoms with E-state index in [1.165, 1.54) is 6.26 Å². The van der Waals surface area contributed by atoms with Crippen LogP contribution in [0.1, 0.15) is 24.8 Å². The van der Waals surface area contributed by atoms with Crippen molar-refractivity contribution in [3.05, 3.63) is 34.9 Å². The Morgan fingerprint density at radius 2 is 2.17 bits per heavy atom. The van der Waals surface area contributed by atoms with Crippen LogP contribution in [0.3, 0.4) is 0 Å². The van der Waals surface area contributed by atoms with Gasteiger partial charge in [-0.15, -0.1) is 0 Å². The lowest BCUT2D eigenvalue weighted by atomic mass is 10.2. The molecule has 5 heteroatoms. The SMILES string of the molecule is CS(=O)(=O)C1CCCC1NCc1cccc(Cl)c1. The Bertz CT molecular complexity index is 515. The molecule has 2 rings (SSSR count). The van der Waals surface area contributed by atoms with Gasteiger partial charge in [0.15, 0.2) is 9.84 Å². The van der Waals surface area contributed by atoms with Crippen LogP contribution in [0.25, 0.3) is 0 Å². The summed E-state index contributed by atoms with van der Waals surface area (Å²) in [5.74, 6) is 0. The first-order valence-corrected chi connectivity index (χ1v) is 8.47. The summed E-state index contributed by atoms with van der Waals surface area (Å²) in [6.07, 6.45) is 4.01. The second kappa shape index (κ2) is 5.59. The van der Waals surface area contributed by atoms with Crippen molar-refractivity contribution in [1.29, 1.82) is 0 Å². The Balaban J connectivity index is 1.98. The van der Waals surface area contributed by atoms with Gasteiger partial charge in [-0.25, -0.2) is 8.42 Å². The number of benzene rings is 1. The van der Waals surface area contributed by atoms with Crippen LogP contribution >= 0.6 is 11.6 Å². The molecule has 2 atom stereocenters. The molecule has 0 amide bonds. The first kappa shape index (κ1) is 13.8. The number of hydrogen-bond donors (Lipinski definition) is 1. The quantitative estimate of drug-likeness (QED) is 0.925. The van der Waals surface area contributed by atoms with Gasteiger partial charge < -0.3 is 5.32 Å². The highest BCUT2D eigenvalue weighted by Crippen LogP contribution is 2.25. The summed E-state index contributed by atoms with van der Waals surface area (Å²) in [7, 11) is -2.95. The summed E-state index contributed by atoms with van der Waals surface area (Å²) in [5.41, 5.74) is 1.08. The van der Waals surface area contributed by atoms with E-state index in [0.717, 1.165) is 24.8 Å². The first-order valence-electron chi connectivity index (χ1n) is 6.13. The third-order valence-electron chi connectivity index (χ3n) is 3.46. The van der Waals surface area contributed by atoms with Crippen molar-refractivity contribution in [1.82, 2.24) is 5.32 Å². The molecule has 3 nitrogen and oxygen atoms in total. The molecule has 0 radical (unpaired) electrons. The maximum Gasteiger partial charge on any atom is 0.151 e. The molecule has 100 valence electrons. The highest BCUT2D eigenvalue weighted by atomic mass is 35.5. The average molecular weight is 288 g/mol. The molecule has 18 heavy (non-hydrogen) atoms. The van der Waals surface area contributed by atoms with Gasteiger partial charge in [0.25, 0.3) is 0 Å². The topological polar surface area (TPSA) is 46.2 Å². The van der Waals surface area contributed by atoms with Crippen LogP contribution in [-0.4, -0.2) is 26.0 Å². The van der Waals surface area contributed by atoms with E-state index in [1.807, 2.05) is 24.3 Å². The van der Waals surface area contributed by atoms with Crippen LogP contribution in [0.4, 0.5) is 0 Å². The van der Waals surface area contributed by atoms with Crippen molar-refractivity contribution in [3.63, 3.8) is 0 Å². The second-order valence-electron chi connectivity index (χ2n) is 4.92. The van der Waals surface area contributed by atoms with Crippen molar-refractivity contribution in [3.8, 4) is 0 Å². The number of sulfone groups is 1. The zero-order valence-electron chi connectivity index (χ0n) is 10.4. The molecular weight excluding hydrogens is 270 g/mol. The molecule has 0 aliphatic heterocycles. The molecule has 0 bridgehead atoms. The number of nitrogens with one attached hydrogen (secondary N) is 1. The molecule has 1 saturated carbocycles. The van der Waals surface area contributed by atoms with E-state index in [2.05, 4.69) is 5.32 Å². The standard InChI is InChI=1S/C13H18ClNO2S/c1-18(16,17)13-7-3-6-12(13)15-9-10-4-2-5-11(14)8-10/h2,4-5,8,12-13,15H,3,6-7,9H2,1H3. The first-order chi connectivity index (χ1) is 8.47. The fraction of sp³-hybridized carbons (Fsp3) is 0.538. The normalized spacial score (nSPS) is 24.3. The highest BCUT2D eigenvalue weighted by molar-refractivity contribution is 7.91.